The van der Waals surface area contributed by atoms with Gasteiger partial charge in [0, 0.05) is 6.42 Å². The predicted octanol–water partition coefficient (Wildman–Crippen LogP) is 6.78. The first-order chi connectivity index (χ1) is 15.5. The Hall–Kier alpha value is -2.51. The van der Waals surface area contributed by atoms with Crippen molar-refractivity contribution in [1.29, 1.82) is 0 Å². The molecule has 1 saturated heterocycles. The van der Waals surface area contributed by atoms with Crippen molar-refractivity contribution in [2.75, 3.05) is 6.61 Å². The number of carbonyl (C=O) groups excluding carboxylic acids is 2. The molecule has 33 heavy (non-hydrogen) atoms. The Morgan fingerprint density at radius 1 is 1.15 bits per heavy atom. The van der Waals surface area contributed by atoms with Crippen molar-refractivity contribution in [2.45, 2.75) is 70.3 Å². The van der Waals surface area contributed by atoms with Crippen LogP contribution >= 0.6 is 0 Å². The lowest BCUT2D eigenvalue weighted by Crippen LogP contribution is -2.42. The maximum absolute atomic E-state index is 13.5. The fraction of sp³-hybridized carbons (Fsp3) is 0.462. The summed E-state index contributed by atoms with van der Waals surface area (Å²) in [6, 6.07) is 15.4. The average molecular weight is 472 g/mol. The molecule has 0 aliphatic carbocycles. The molecule has 1 heterocycles. The van der Waals surface area contributed by atoms with Gasteiger partial charge in [0.15, 0.2) is 8.32 Å². The third-order valence-electron chi connectivity index (χ3n) is 6.67. The van der Waals surface area contributed by atoms with Gasteiger partial charge in [-0.05, 0) is 54.2 Å². The molecule has 1 aliphatic rings. The maximum atomic E-state index is 13.5. The molecule has 7 heteroatoms. The van der Waals surface area contributed by atoms with Gasteiger partial charge in [0.2, 0.25) is 5.91 Å². The first-order valence-electron chi connectivity index (χ1n) is 11.5. The van der Waals surface area contributed by atoms with Crippen LogP contribution in [0.3, 0.4) is 0 Å². The number of imide groups is 1. The molecule has 5 nitrogen and oxygen atoms in total. The summed E-state index contributed by atoms with van der Waals surface area (Å²) in [5.74, 6) is -0.545. The van der Waals surface area contributed by atoms with Crippen LogP contribution in [-0.4, -0.2) is 31.8 Å². The number of ether oxygens (including phenoxy) is 1. The van der Waals surface area contributed by atoms with Gasteiger partial charge < -0.3 is 9.16 Å². The third-order valence-corrected chi connectivity index (χ3v) is 11.2. The minimum atomic E-state index is -2.10. The Morgan fingerprint density at radius 2 is 1.79 bits per heavy atom. The van der Waals surface area contributed by atoms with Crippen LogP contribution in [0.4, 0.5) is 9.18 Å². The molecule has 3 rings (SSSR count). The van der Waals surface area contributed by atoms with E-state index >= 15 is 0 Å². The summed E-state index contributed by atoms with van der Waals surface area (Å²) in [5, 5.41) is 0.0172. The normalized spacial score (nSPS) is 17.7. The number of amides is 2. The lowest BCUT2D eigenvalue weighted by Gasteiger charge is -2.39. The van der Waals surface area contributed by atoms with Crippen LogP contribution in [0.1, 0.15) is 63.3 Å². The Labute approximate surface area is 197 Å². The minimum absolute atomic E-state index is 0.0172. The number of rotatable bonds is 8. The molecule has 0 radical (unpaired) electrons. The second-order valence-corrected chi connectivity index (χ2v) is 14.8. The summed E-state index contributed by atoms with van der Waals surface area (Å²) in [6.45, 7) is 11.0. The number of hydrogen-bond donors (Lipinski definition) is 0. The summed E-state index contributed by atoms with van der Waals surface area (Å²) in [4.78, 5) is 26.5. The third kappa shape index (κ3) is 6.09. The van der Waals surface area contributed by atoms with Crippen molar-refractivity contribution in [2.24, 2.45) is 0 Å². The lowest BCUT2D eigenvalue weighted by atomic mass is 10.0. The highest BCUT2D eigenvalue weighted by molar-refractivity contribution is 6.74. The van der Waals surface area contributed by atoms with E-state index in [-0.39, 0.29) is 35.9 Å². The van der Waals surface area contributed by atoms with E-state index in [1.807, 2.05) is 30.3 Å². The van der Waals surface area contributed by atoms with Gasteiger partial charge in [-0.1, -0.05) is 63.2 Å². The van der Waals surface area contributed by atoms with E-state index < -0.39 is 20.5 Å². The van der Waals surface area contributed by atoms with Crippen LogP contribution in [0.15, 0.2) is 54.6 Å². The molecule has 0 spiro atoms. The van der Waals surface area contributed by atoms with E-state index in [0.717, 1.165) is 11.1 Å². The van der Waals surface area contributed by atoms with Crippen LogP contribution in [0.2, 0.25) is 18.1 Å². The van der Waals surface area contributed by atoms with Crippen molar-refractivity contribution >= 4 is 20.3 Å². The van der Waals surface area contributed by atoms with Gasteiger partial charge in [0.25, 0.3) is 0 Å². The van der Waals surface area contributed by atoms with E-state index in [1.165, 1.54) is 17.0 Å². The van der Waals surface area contributed by atoms with Crippen molar-refractivity contribution in [3.05, 3.63) is 71.5 Å². The highest BCUT2D eigenvalue weighted by atomic mass is 28.4. The van der Waals surface area contributed by atoms with Crippen LogP contribution in [0, 0.1) is 5.82 Å². The Balaban J connectivity index is 1.69. The zero-order chi connectivity index (χ0) is 24.2. The largest absolute Gasteiger partial charge is 0.446 e. The van der Waals surface area contributed by atoms with Gasteiger partial charge in [-0.2, -0.15) is 0 Å². The van der Waals surface area contributed by atoms with Crippen LogP contribution < -0.4 is 0 Å². The van der Waals surface area contributed by atoms with Gasteiger partial charge in [-0.15, -0.1) is 0 Å². The fourth-order valence-corrected chi connectivity index (χ4v) is 5.00. The second-order valence-electron chi connectivity index (χ2n) is 10.1. The van der Waals surface area contributed by atoms with Gasteiger partial charge in [0.1, 0.15) is 18.5 Å². The molecule has 0 unspecified atom stereocenters. The molecule has 1 fully saturated rings. The average Bonchev–Trinajstić information content (AvgIpc) is 3.15. The topological polar surface area (TPSA) is 55.8 Å². The summed E-state index contributed by atoms with van der Waals surface area (Å²) in [6.07, 6.45) is 0.511. The van der Waals surface area contributed by atoms with E-state index in [9.17, 15) is 14.0 Å². The van der Waals surface area contributed by atoms with E-state index in [2.05, 4.69) is 33.9 Å². The monoisotopic (exact) mass is 471 g/mol. The number of benzene rings is 2. The van der Waals surface area contributed by atoms with Crippen molar-refractivity contribution in [3.8, 4) is 0 Å². The molecule has 0 aromatic heterocycles. The Kier molecular flexibility index (Phi) is 7.75. The van der Waals surface area contributed by atoms with Crippen LogP contribution in [-0.2, 0) is 14.0 Å². The summed E-state index contributed by atoms with van der Waals surface area (Å²) in [7, 11) is -2.10. The standard InChI is InChI=1S/C26H34FNO4Si/c1-26(2,3)33(4,5)32-23(20-14-16-21(27)17-15-20)12-9-13-24(29)28-22(18-31-25(28)30)19-10-7-6-8-11-19/h6-8,10-11,14-17,22-23H,9,12-13,18H2,1-5H3/t22-,23+/m1/s1. The minimum Gasteiger partial charge on any atom is -0.446 e. The first kappa shape index (κ1) is 25.1. The number of hydrogen-bond acceptors (Lipinski definition) is 4. The van der Waals surface area contributed by atoms with Gasteiger partial charge >= 0.3 is 6.09 Å². The van der Waals surface area contributed by atoms with E-state index in [1.54, 1.807) is 12.1 Å². The summed E-state index contributed by atoms with van der Waals surface area (Å²) in [5.41, 5.74) is 1.78. The van der Waals surface area contributed by atoms with Crippen molar-refractivity contribution < 1.29 is 23.1 Å². The zero-order valence-corrected chi connectivity index (χ0v) is 21.1. The summed E-state index contributed by atoms with van der Waals surface area (Å²) < 4.78 is 25.3. The maximum Gasteiger partial charge on any atom is 0.417 e. The number of cyclic esters (lactones) is 1. The molecule has 178 valence electrons. The van der Waals surface area contributed by atoms with Gasteiger partial charge in [-0.25, -0.2) is 14.1 Å². The molecule has 2 aromatic rings. The van der Waals surface area contributed by atoms with E-state index in [4.69, 9.17) is 9.16 Å². The van der Waals surface area contributed by atoms with Crippen molar-refractivity contribution in [3.63, 3.8) is 0 Å². The fourth-order valence-electron chi connectivity index (χ4n) is 3.68. The van der Waals surface area contributed by atoms with Gasteiger partial charge in [0.05, 0.1) is 6.10 Å². The summed E-state index contributed by atoms with van der Waals surface area (Å²) >= 11 is 0. The molecule has 0 N–H and O–H groups in total. The SMILES string of the molecule is CC(C)(C)[Si](C)(C)O[C@@H](CCCC(=O)N1C(=O)OC[C@@H]1c1ccccc1)c1ccc(F)cc1. The molecule has 0 bridgehead atoms. The first-order valence-corrected chi connectivity index (χ1v) is 14.4. The van der Waals surface area contributed by atoms with E-state index in [0.29, 0.717) is 12.8 Å². The molecule has 2 amide bonds. The molecular formula is C26H34FNO4Si. The highest BCUT2D eigenvalue weighted by Crippen LogP contribution is 2.41. The predicted molar refractivity (Wildman–Crippen MR) is 129 cm³/mol. The quantitative estimate of drug-likeness (QED) is 0.398. The smallest absolute Gasteiger partial charge is 0.417 e. The lowest BCUT2D eigenvalue weighted by molar-refractivity contribution is -0.129. The number of carbonyl (C=O) groups is 2. The zero-order valence-electron chi connectivity index (χ0n) is 20.1. The highest BCUT2D eigenvalue weighted by Gasteiger charge is 2.40. The van der Waals surface area contributed by atoms with Crippen LogP contribution in [0.25, 0.3) is 0 Å². The molecule has 2 aromatic carbocycles. The number of halogens is 1. The Morgan fingerprint density at radius 3 is 2.39 bits per heavy atom. The molecule has 2 atom stereocenters. The Bertz CT molecular complexity index is 957. The molecule has 1 aliphatic heterocycles. The molecule has 0 saturated carbocycles. The number of nitrogens with zero attached hydrogens (tertiary/aromatic N) is 1. The van der Waals surface area contributed by atoms with Crippen molar-refractivity contribution in [1.82, 2.24) is 4.90 Å². The van der Waals surface area contributed by atoms with Crippen LogP contribution in [0.5, 0.6) is 0 Å². The second kappa shape index (κ2) is 10.2. The van der Waals surface area contributed by atoms with Gasteiger partial charge in [-0.3, -0.25) is 4.79 Å². The molecular weight excluding hydrogens is 437 g/mol.